The monoisotopic (exact) mass is 388 g/mol. The van der Waals surface area contributed by atoms with Crippen LogP contribution < -0.4 is 0 Å². The number of para-hydroxylation sites is 1. The van der Waals surface area contributed by atoms with Crippen LogP contribution in [0.4, 0.5) is 0 Å². The number of nitrogens with zero attached hydrogens (tertiary/aromatic N) is 2. The van der Waals surface area contributed by atoms with E-state index in [1.165, 1.54) is 5.56 Å². The van der Waals surface area contributed by atoms with Crippen molar-refractivity contribution in [3.05, 3.63) is 65.7 Å². The second-order valence-corrected chi connectivity index (χ2v) is 7.77. The van der Waals surface area contributed by atoms with Crippen LogP contribution in [0.2, 0.25) is 0 Å². The molecule has 1 aliphatic rings. The summed E-state index contributed by atoms with van der Waals surface area (Å²) in [7, 11) is 0. The molecule has 1 amide bonds. The van der Waals surface area contributed by atoms with Gasteiger partial charge in [0, 0.05) is 30.5 Å². The summed E-state index contributed by atoms with van der Waals surface area (Å²) in [5, 5.41) is 9.85. The molecule has 4 rings (SSSR count). The number of hydrogen-bond donors (Lipinski definition) is 1. The lowest BCUT2D eigenvalue weighted by Crippen LogP contribution is -2.39. The van der Waals surface area contributed by atoms with Crippen molar-refractivity contribution in [3.8, 4) is 11.3 Å². The molecule has 1 fully saturated rings. The van der Waals surface area contributed by atoms with E-state index in [4.69, 9.17) is 10.1 Å². The summed E-state index contributed by atoms with van der Waals surface area (Å²) in [4.78, 5) is 30.9. The Balaban J connectivity index is 1.66. The Morgan fingerprint density at radius 1 is 1.07 bits per heavy atom. The molecule has 0 unspecified atom stereocenters. The van der Waals surface area contributed by atoms with Gasteiger partial charge in [-0.25, -0.2) is 4.98 Å². The van der Waals surface area contributed by atoms with Crippen LogP contribution in [0.25, 0.3) is 22.2 Å². The van der Waals surface area contributed by atoms with Crippen molar-refractivity contribution in [2.45, 2.75) is 26.2 Å². The summed E-state index contributed by atoms with van der Waals surface area (Å²) >= 11 is 0. The van der Waals surface area contributed by atoms with Gasteiger partial charge in [-0.2, -0.15) is 0 Å². The third-order valence-corrected chi connectivity index (χ3v) is 5.66. The smallest absolute Gasteiger partial charge is 0.303 e. The van der Waals surface area contributed by atoms with Gasteiger partial charge in [0.1, 0.15) is 0 Å². The number of pyridine rings is 1. The summed E-state index contributed by atoms with van der Waals surface area (Å²) in [5.74, 6) is -0.628. The van der Waals surface area contributed by atoms with Gasteiger partial charge in [-0.15, -0.1) is 0 Å². The van der Waals surface area contributed by atoms with Crippen molar-refractivity contribution < 1.29 is 14.7 Å². The number of piperidine rings is 1. The van der Waals surface area contributed by atoms with Gasteiger partial charge in [0.15, 0.2) is 0 Å². The van der Waals surface area contributed by atoms with Crippen LogP contribution in [0.1, 0.15) is 35.2 Å². The molecule has 0 saturated carbocycles. The van der Waals surface area contributed by atoms with Crippen molar-refractivity contribution in [3.63, 3.8) is 0 Å². The van der Waals surface area contributed by atoms with E-state index in [-0.39, 0.29) is 18.2 Å². The molecule has 2 aromatic carbocycles. The first-order valence-corrected chi connectivity index (χ1v) is 9.99. The van der Waals surface area contributed by atoms with E-state index in [1.807, 2.05) is 66.4 Å². The number of fused-ring (bicyclic) bond motifs is 1. The zero-order valence-electron chi connectivity index (χ0n) is 16.5. The van der Waals surface area contributed by atoms with Crippen molar-refractivity contribution in [1.82, 2.24) is 9.88 Å². The maximum atomic E-state index is 13.4. The van der Waals surface area contributed by atoms with E-state index >= 15 is 0 Å². The number of amides is 1. The summed E-state index contributed by atoms with van der Waals surface area (Å²) < 4.78 is 0. The first-order chi connectivity index (χ1) is 14.0. The normalized spacial score (nSPS) is 14.9. The summed E-state index contributed by atoms with van der Waals surface area (Å²) in [6, 6.07) is 17.7. The molecule has 0 aliphatic carbocycles. The second kappa shape index (κ2) is 8.03. The van der Waals surface area contributed by atoms with E-state index in [0.717, 1.165) is 35.0 Å². The number of aliphatic carboxylic acids is 1. The summed E-state index contributed by atoms with van der Waals surface area (Å²) in [5.41, 5.74) is 4.40. The molecular formula is C24H24N2O3. The highest BCUT2D eigenvalue weighted by molar-refractivity contribution is 6.07. The number of carboxylic acid groups (broad SMARTS) is 1. The van der Waals surface area contributed by atoms with Crippen LogP contribution in [0.15, 0.2) is 54.6 Å². The molecular weight excluding hydrogens is 364 g/mol. The van der Waals surface area contributed by atoms with Crippen molar-refractivity contribution in [2.75, 3.05) is 13.1 Å². The van der Waals surface area contributed by atoms with E-state index in [9.17, 15) is 9.59 Å². The zero-order chi connectivity index (χ0) is 20.4. The second-order valence-electron chi connectivity index (χ2n) is 7.77. The van der Waals surface area contributed by atoms with Crippen molar-refractivity contribution in [2.24, 2.45) is 5.92 Å². The average Bonchev–Trinajstić information content (AvgIpc) is 2.73. The quantitative estimate of drug-likeness (QED) is 0.712. The topological polar surface area (TPSA) is 70.5 Å². The highest BCUT2D eigenvalue weighted by Crippen LogP contribution is 2.28. The number of carbonyl (C=O) groups is 2. The fraction of sp³-hybridized carbons (Fsp3) is 0.292. The molecule has 3 aromatic rings. The SMILES string of the molecule is Cc1ccc(-c2cc(C(=O)N3CCC(CC(=O)O)CC3)c3ccccc3n2)cc1. The number of aryl methyl sites for hydroxylation is 1. The standard InChI is InChI=1S/C24H24N2O3/c1-16-6-8-18(9-7-16)22-15-20(19-4-2-3-5-21(19)25-22)24(29)26-12-10-17(11-13-26)14-23(27)28/h2-9,15,17H,10-14H2,1H3,(H,27,28). The van der Waals surface area contributed by atoms with Crippen LogP contribution in [-0.4, -0.2) is 40.0 Å². The van der Waals surface area contributed by atoms with Crippen LogP contribution >= 0.6 is 0 Å². The minimum Gasteiger partial charge on any atom is -0.481 e. The van der Waals surface area contributed by atoms with Crippen molar-refractivity contribution in [1.29, 1.82) is 0 Å². The molecule has 148 valence electrons. The van der Waals surface area contributed by atoms with E-state index in [1.54, 1.807) is 0 Å². The Morgan fingerprint density at radius 2 is 1.76 bits per heavy atom. The molecule has 5 heteroatoms. The number of rotatable bonds is 4. The molecule has 0 atom stereocenters. The number of benzene rings is 2. The molecule has 1 saturated heterocycles. The molecule has 0 spiro atoms. The molecule has 0 radical (unpaired) electrons. The lowest BCUT2D eigenvalue weighted by Gasteiger charge is -2.31. The van der Waals surface area contributed by atoms with Gasteiger partial charge in [0.2, 0.25) is 0 Å². The fourth-order valence-corrected chi connectivity index (χ4v) is 3.98. The largest absolute Gasteiger partial charge is 0.481 e. The van der Waals surface area contributed by atoms with Crippen LogP contribution in [0.5, 0.6) is 0 Å². The molecule has 1 aromatic heterocycles. The third kappa shape index (κ3) is 4.14. The number of likely N-dealkylation sites (tertiary alicyclic amines) is 1. The summed E-state index contributed by atoms with van der Waals surface area (Å²) in [6.45, 7) is 3.22. The lowest BCUT2D eigenvalue weighted by molar-refractivity contribution is -0.138. The van der Waals surface area contributed by atoms with Crippen LogP contribution in [-0.2, 0) is 4.79 Å². The fourth-order valence-electron chi connectivity index (χ4n) is 3.98. The minimum absolute atomic E-state index is 0.00858. The van der Waals surface area contributed by atoms with Crippen LogP contribution in [0.3, 0.4) is 0 Å². The Hall–Kier alpha value is -3.21. The average molecular weight is 388 g/mol. The van der Waals surface area contributed by atoms with E-state index in [0.29, 0.717) is 18.7 Å². The number of carbonyl (C=O) groups excluding carboxylic acids is 1. The van der Waals surface area contributed by atoms with Gasteiger partial charge in [0.05, 0.1) is 16.8 Å². The van der Waals surface area contributed by atoms with Gasteiger partial charge in [0.25, 0.3) is 5.91 Å². The van der Waals surface area contributed by atoms with Gasteiger partial charge in [-0.1, -0.05) is 48.0 Å². The number of carboxylic acids is 1. The number of aromatic nitrogens is 1. The summed E-state index contributed by atoms with van der Waals surface area (Å²) in [6.07, 6.45) is 1.63. The van der Waals surface area contributed by atoms with Crippen LogP contribution in [0, 0.1) is 12.8 Å². The highest BCUT2D eigenvalue weighted by Gasteiger charge is 2.26. The molecule has 0 bridgehead atoms. The third-order valence-electron chi connectivity index (χ3n) is 5.66. The predicted octanol–water partition coefficient (Wildman–Crippen LogP) is 4.54. The molecule has 5 nitrogen and oxygen atoms in total. The molecule has 1 aliphatic heterocycles. The van der Waals surface area contributed by atoms with E-state index < -0.39 is 5.97 Å². The van der Waals surface area contributed by atoms with Gasteiger partial charge >= 0.3 is 5.97 Å². The molecule has 29 heavy (non-hydrogen) atoms. The first kappa shape index (κ1) is 19.1. The Labute approximate surface area is 170 Å². The lowest BCUT2D eigenvalue weighted by atomic mass is 9.93. The minimum atomic E-state index is -0.766. The predicted molar refractivity (Wildman–Crippen MR) is 113 cm³/mol. The van der Waals surface area contributed by atoms with E-state index in [2.05, 4.69) is 0 Å². The zero-order valence-corrected chi connectivity index (χ0v) is 16.5. The highest BCUT2D eigenvalue weighted by atomic mass is 16.4. The van der Waals surface area contributed by atoms with Crippen molar-refractivity contribution >= 4 is 22.8 Å². The maximum Gasteiger partial charge on any atom is 0.303 e. The Bertz CT molecular complexity index is 1050. The maximum absolute atomic E-state index is 13.4. The molecule has 1 N–H and O–H groups in total. The number of hydrogen-bond acceptors (Lipinski definition) is 3. The first-order valence-electron chi connectivity index (χ1n) is 9.99. The van der Waals surface area contributed by atoms with Gasteiger partial charge in [-0.05, 0) is 37.8 Å². The Kier molecular flexibility index (Phi) is 5.30. The Morgan fingerprint density at radius 3 is 2.45 bits per heavy atom. The van der Waals surface area contributed by atoms with Gasteiger partial charge < -0.3 is 10.0 Å². The molecule has 2 heterocycles. The van der Waals surface area contributed by atoms with Gasteiger partial charge in [-0.3, -0.25) is 9.59 Å².